The van der Waals surface area contributed by atoms with Gasteiger partial charge >= 0.3 is 0 Å². The SMILES string of the molecule is CNC(Cc1ccc(OC)c(Br)c1)c1ccsc1. The van der Waals surface area contributed by atoms with Crippen LogP contribution in [0.5, 0.6) is 5.75 Å². The van der Waals surface area contributed by atoms with Crippen LogP contribution in [0.1, 0.15) is 17.2 Å². The molecule has 0 amide bonds. The van der Waals surface area contributed by atoms with Crippen molar-refractivity contribution >= 4 is 27.3 Å². The van der Waals surface area contributed by atoms with E-state index >= 15 is 0 Å². The molecule has 1 aromatic carbocycles. The van der Waals surface area contributed by atoms with Gasteiger partial charge < -0.3 is 10.1 Å². The van der Waals surface area contributed by atoms with Gasteiger partial charge in [-0.2, -0.15) is 11.3 Å². The van der Waals surface area contributed by atoms with Crippen molar-refractivity contribution in [2.75, 3.05) is 14.2 Å². The monoisotopic (exact) mass is 325 g/mol. The van der Waals surface area contributed by atoms with E-state index in [1.165, 1.54) is 11.1 Å². The molecule has 18 heavy (non-hydrogen) atoms. The van der Waals surface area contributed by atoms with Crippen molar-refractivity contribution in [1.29, 1.82) is 0 Å². The lowest BCUT2D eigenvalue weighted by Gasteiger charge is -2.15. The van der Waals surface area contributed by atoms with Crippen LogP contribution in [-0.4, -0.2) is 14.2 Å². The molecule has 4 heteroatoms. The molecule has 0 aliphatic heterocycles. The van der Waals surface area contributed by atoms with Crippen LogP contribution in [0, 0.1) is 0 Å². The third-order valence-electron chi connectivity index (χ3n) is 2.95. The number of nitrogens with one attached hydrogen (secondary N) is 1. The summed E-state index contributed by atoms with van der Waals surface area (Å²) in [5.74, 6) is 0.871. The fraction of sp³-hybridized carbons (Fsp3) is 0.286. The first-order valence-electron chi connectivity index (χ1n) is 5.76. The Hall–Kier alpha value is -0.840. The summed E-state index contributed by atoms with van der Waals surface area (Å²) in [5, 5.41) is 7.67. The van der Waals surface area contributed by atoms with Crippen molar-refractivity contribution in [2.45, 2.75) is 12.5 Å². The molecule has 0 aliphatic carbocycles. The molecule has 0 spiro atoms. The Bertz CT molecular complexity index is 499. The van der Waals surface area contributed by atoms with Crippen molar-refractivity contribution in [2.24, 2.45) is 0 Å². The largest absolute Gasteiger partial charge is 0.496 e. The van der Waals surface area contributed by atoms with Crippen LogP contribution < -0.4 is 10.1 Å². The summed E-state index contributed by atoms with van der Waals surface area (Å²) >= 11 is 5.26. The highest BCUT2D eigenvalue weighted by atomic mass is 79.9. The Morgan fingerprint density at radius 2 is 2.22 bits per heavy atom. The number of hydrogen-bond acceptors (Lipinski definition) is 3. The van der Waals surface area contributed by atoms with E-state index in [1.807, 2.05) is 13.1 Å². The van der Waals surface area contributed by atoms with Crippen LogP contribution in [0.4, 0.5) is 0 Å². The van der Waals surface area contributed by atoms with Crippen molar-refractivity contribution < 1.29 is 4.74 Å². The first-order valence-corrected chi connectivity index (χ1v) is 7.50. The van der Waals surface area contributed by atoms with Crippen molar-refractivity contribution in [3.8, 4) is 5.75 Å². The maximum absolute atomic E-state index is 5.24. The molecule has 1 atom stereocenters. The Balaban J connectivity index is 2.15. The van der Waals surface area contributed by atoms with Gasteiger partial charge in [0.25, 0.3) is 0 Å². The Morgan fingerprint density at radius 1 is 1.39 bits per heavy atom. The summed E-state index contributed by atoms with van der Waals surface area (Å²) in [6.07, 6.45) is 0.968. The Labute approximate surface area is 120 Å². The molecule has 2 nitrogen and oxygen atoms in total. The Kier molecular flexibility index (Phi) is 4.80. The number of methoxy groups -OCH3 is 1. The number of hydrogen-bond donors (Lipinski definition) is 1. The number of benzene rings is 1. The molecule has 1 unspecified atom stereocenters. The van der Waals surface area contributed by atoms with E-state index < -0.39 is 0 Å². The molecule has 0 aliphatic rings. The summed E-state index contributed by atoms with van der Waals surface area (Å²) < 4.78 is 6.25. The first kappa shape index (κ1) is 13.6. The normalized spacial score (nSPS) is 12.4. The molecular formula is C14H16BrNOS. The van der Waals surface area contributed by atoms with E-state index in [0.717, 1.165) is 16.6 Å². The highest BCUT2D eigenvalue weighted by Crippen LogP contribution is 2.28. The standard InChI is InChI=1S/C14H16BrNOS/c1-16-13(11-5-6-18-9-11)8-10-3-4-14(17-2)12(15)7-10/h3-7,9,13,16H,8H2,1-2H3. The number of likely N-dealkylation sites (N-methyl/N-ethyl adjacent to an activating group) is 1. The van der Waals surface area contributed by atoms with Crippen LogP contribution in [0.3, 0.4) is 0 Å². The van der Waals surface area contributed by atoms with E-state index in [1.54, 1.807) is 18.4 Å². The third-order valence-corrected chi connectivity index (χ3v) is 4.27. The minimum absolute atomic E-state index is 0.358. The van der Waals surface area contributed by atoms with Crippen molar-refractivity contribution in [3.63, 3.8) is 0 Å². The molecule has 0 fully saturated rings. The zero-order valence-corrected chi connectivity index (χ0v) is 12.8. The number of halogens is 1. The smallest absolute Gasteiger partial charge is 0.133 e. The highest BCUT2D eigenvalue weighted by molar-refractivity contribution is 9.10. The summed E-state index contributed by atoms with van der Waals surface area (Å²) in [4.78, 5) is 0. The minimum Gasteiger partial charge on any atom is -0.496 e. The van der Waals surface area contributed by atoms with Crippen LogP contribution >= 0.6 is 27.3 Å². The van der Waals surface area contributed by atoms with Gasteiger partial charge in [-0.1, -0.05) is 6.07 Å². The van der Waals surface area contributed by atoms with E-state index in [-0.39, 0.29) is 0 Å². The summed E-state index contributed by atoms with van der Waals surface area (Å²) in [7, 11) is 3.68. The molecule has 1 N–H and O–H groups in total. The molecule has 1 heterocycles. The average Bonchev–Trinajstić information content (AvgIpc) is 2.90. The second-order valence-corrected chi connectivity index (χ2v) is 5.71. The molecule has 2 rings (SSSR count). The number of rotatable bonds is 5. The van der Waals surface area contributed by atoms with Gasteiger partial charge in [-0.15, -0.1) is 0 Å². The Morgan fingerprint density at radius 3 is 2.78 bits per heavy atom. The zero-order chi connectivity index (χ0) is 13.0. The van der Waals surface area contributed by atoms with Gasteiger partial charge in [-0.25, -0.2) is 0 Å². The second-order valence-electron chi connectivity index (χ2n) is 4.07. The number of thiophene rings is 1. The van der Waals surface area contributed by atoms with Crippen molar-refractivity contribution in [3.05, 3.63) is 50.6 Å². The van der Waals surface area contributed by atoms with E-state index in [4.69, 9.17) is 4.74 Å². The number of ether oxygens (including phenoxy) is 1. The van der Waals surface area contributed by atoms with Gasteiger partial charge in [0.15, 0.2) is 0 Å². The average molecular weight is 326 g/mol. The molecule has 0 saturated carbocycles. The van der Waals surface area contributed by atoms with Gasteiger partial charge in [-0.05, 0) is 69.5 Å². The minimum atomic E-state index is 0.358. The first-order chi connectivity index (χ1) is 8.74. The molecule has 0 radical (unpaired) electrons. The zero-order valence-electron chi connectivity index (χ0n) is 10.4. The van der Waals surface area contributed by atoms with Crippen LogP contribution in [0.2, 0.25) is 0 Å². The maximum Gasteiger partial charge on any atom is 0.133 e. The fourth-order valence-corrected chi connectivity index (χ4v) is 3.23. The summed E-state index contributed by atoms with van der Waals surface area (Å²) in [6, 6.07) is 8.76. The van der Waals surface area contributed by atoms with E-state index in [9.17, 15) is 0 Å². The fourth-order valence-electron chi connectivity index (χ4n) is 1.93. The topological polar surface area (TPSA) is 21.3 Å². The molecular weight excluding hydrogens is 310 g/mol. The predicted molar refractivity (Wildman–Crippen MR) is 80.5 cm³/mol. The van der Waals surface area contributed by atoms with Gasteiger partial charge in [0.2, 0.25) is 0 Å². The van der Waals surface area contributed by atoms with Crippen LogP contribution in [0.15, 0.2) is 39.5 Å². The van der Waals surface area contributed by atoms with Crippen molar-refractivity contribution in [1.82, 2.24) is 5.32 Å². The maximum atomic E-state index is 5.24. The highest BCUT2D eigenvalue weighted by Gasteiger charge is 2.11. The summed E-state index contributed by atoms with van der Waals surface area (Å²) in [6.45, 7) is 0. The third kappa shape index (κ3) is 3.13. The second kappa shape index (κ2) is 6.36. The lowest BCUT2D eigenvalue weighted by atomic mass is 10.0. The molecule has 96 valence electrons. The quantitative estimate of drug-likeness (QED) is 0.896. The lowest BCUT2D eigenvalue weighted by Crippen LogP contribution is -2.18. The van der Waals surface area contributed by atoms with Gasteiger partial charge in [-0.3, -0.25) is 0 Å². The van der Waals surface area contributed by atoms with Crippen LogP contribution in [-0.2, 0) is 6.42 Å². The molecule has 0 saturated heterocycles. The van der Waals surface area contributed by atoms with E-state index in [0.29, 0.717) is 6.04 Å². The molecule has 2 aromatic rings. The van der Waals surface area contributed by atoms with E-state index in [2.05, 4.69) is 50.2 Å². The van der Waals surface area contributed by atoms with Crippen LogP contribution in [0.25, 0.3) is 0 Å². The summed E-state index contributed by atoms with van der Waals surface area (Å²) in [5.41, 5.74) is 2.63. The molecule has 1 aromatic heterocycles. The van der Waals surface area contributed by atoms with Gasteiger partial charge in [0, 0.05) is 6.04 Å². The predicted octanol–water partition coefficient (Wildman–Crippen LogP) is 4.02. The van der Waals surface area contributed by atoms with Gasteiger partial charge in [0.05, 0.1) is 11.6 Å². The van der Waals surface area contributed by atoms with Gasteiger partial charge in [0.1, 0.15) is 5.75 Å². The molecule has 0 bridgehead atoms. The lowest BCUT2D eigenvalue weighted by molar-refractivity contribution is 0.412.